The Morgan fingerprint density at radius 3 is 2.33 bits per heavy atom. The number of likely N-dealkylation sites (N-methyl/N-ethyl adjacent to an activating group) is 1. The lowest BCUT2D eigenvalue weighted by atomic mass is 9.81. The summed E-state index contributed by atoms with van der Waals surface area (Å²) in [7, 11) is 1.72. The van der Waals surface area contributed by atoms with Crippen molar-refractivity contribution in [2.24, 2.45) is 11.8 Å². The highest BCUT2D eigenvalue weighted by molar-refractivity contribution is 5.94. The molecule has 0 bridgehead atoms. The van der Waals surface area contributed by atoms with E-state index in [1.54, 1.807) is 30.7 Å². The van der Waals surface area contributed by atoms with Crippen molar-refractivity contribution in [3.05, 3.63) is 12.2 Å². The number of carboxylic acids is 1. The summed E-state index contributed by atoms with van der Waals surface area (Å²) in [5.74, 6) is -2.56. The summed E-state index contributed by atoms with van der Waals surface area (Å²) in [6.07, 6.45) is 4.45. The Bertz CT molecular complexity index is 498. The zero-order valence-corrected chi connectivity index (χ0v) is 12.7. The van der Waals surface area contributed by atoms with Crippen molar-refractivity contribution in [2.75, 3.05) is 20.1 Å². The molecular formula is C15H22N2O4. The minimum atomic E-state index is -0.948. The number of hydrogen-bond acceptors (Lipinski definition) is 3. The van der Waals surface area contributed by atoms with Gasteiger partial charge in [-0.05, 0) is 26.7 Å². The zero-order chi connectivity index (χ0) is 15.8. The monoisotopic (exact) mass is 294 g/mol. The molecule has 1 N–H and O–H groups in total. The van der Waals surface area contributed by atoms with Crippen molar-refractivity contribution in [3.8, 4) is 0 Å². The van der Waals surface area contributed by atoms with E-state index < -0.39 is 23.3 Å². The van der Waals surface area contributed by atoms with Gasteiger partial charge in [0.2, 0.25) is 11.8 Å². The molecule has 0 spiro atoms. The van der Waals surface area contributed by atoms with E-state index >= 15 is 0 Å². The highest BCUT2D eigenvalue weighted by Gasteiger charge is 2.46. The maximum Gasteiger partial charge on any atom is 0.307 e. The number of aliphatic carboxylic acids is 1. The van der Waals surface area contributed by atoms with Crippen LogP contribution in [-0.2, 0) is 14.4 Å². The maximum absolute atomic E-state index is 12.8. The lowest BCUT2D eigenvalue weighted by molar-refractivity contribution is -0.162. The Labute approximate surface area is 124 Å². The Hall–Kier alpha value is -1.85. The fraction of sp³-hybridized carbons (Fsp3) is 0.667. The highest BCUT2D eigenvalue weighted by Crippen LogP contribution is 2.31. The van der Waals surface area contributed by atoms with Gasteiger partial charge in [0.05, 0.1) is 11.8 Å². The molecule has 0 radical (unpaired) electrons. The van der Waals surface area contributed by atoms with Gasteiger partial charge >= 0.3 is 5.97 Å². The summed E-state index contributed by atoms with van der Waals surface area (Å²) < 4.78 is 0. The van der Waals surface area contributed by atoms with Crippen LogP contribution in [-0.4, -0.2) is 58.4 Å². The van der Waals surface area contributed by atoms with Crippen molar-refractivity contribution >= 4 is 17.8 Å². The summed E-state index contributed by atoms with van der Waals surface area (Å²) in [5.41, 5.74) is -0.922. The number of hydrogen-bond donors (Lipinski definition) is 1. The number of carbonyl (C=O) groups is 3. The van der Waals surface area contributed by atoms with Crippen molar-refractivity contribution in [1.29, 1.82) is 0 Å². The molecule has 1 aliphatic carbocycles. The molecule has 1 heterocycles. The highest BCUT2D eigenvalue weighted by atomic mass is 16.4. The number of nitrogens with zero attached hydrogens (tertiary/aromatic N) is 2. The number of carbonyl (C=O) groups excluding carboxylic acids is 2. The van der Waals surface area contributed by atoms with Gasteiger partial charge in [-0.25, -0.2) is 0 Å². The molecule has 0 unspecified atom stereocenters. The minimum absolute atomic E-state index is 0.111. The summed E-state index contributed by atoms with van der Waals surface area (Å²) >= 11 is 0. The number of amides is 2. The third kappa shape index (κ3) is 2.66. The van der Waals surface area contributed by atoms with Crippen LogP contribution in [0, 0.1) is 11.8 Å². The van der Waals surface area contributed by atoms with E-state index in [4.69, 9.17) is 0 Å². The average Bonchev–Trinajstić information content (AvgIpc) is 2.44. The van der Waals surface area contributed by atoms with Gasteiger partial charge < -0.3 is 14.9 Å². The second kappa shape index (κ2) is 5.50. The number of allylic oxidation sites excluding steroid dienone is 2. The largest absolute Gasteiger partial charge is 0.481 e. The quantitative estimate of drug-likeness (QED) is 0.762. The maximum atomic E-state index is 12.8. The van der Waals surface area contributed by atoms with E-state index in [2.05, 4.69) is 0 Å². The first-order chi connectivity index (χ1) is 9.76. The molecule has 0 aromatic heterocycles. The summed E-state index contributed by atoms with van der Waals surface area (Å²) in [6.45, 7) is 4.36. The third-order valence-corrected chi connectivity index (χ3v) is 4.54. The SMILES string of the molecule is CN1CCN(C(=O)[C@@H]2CC=CC[C@@H]2C(=O)O)C(C)(C)C1=O. The molecule has 1 saturated heterocycles. The van der Waals surface area contributed by atoms with E-state index in [1.807, 2.05) is 12.2 Å². The lowest BCUT2D eigenvalue weighted by Crippen LogP contribution is -2.65. The van der Waals surface area contributed by atoms with Crippen LogP contribution in [0.25, 0.3) is 0 Å². The smallest absolute Gasteiger partial charge is 0.307 e. The van der Waals surface area contributed by atoms with Gasteiger partial charge in [0, 0.05) is 20.1 Å². The normalized spacial score (nSPS) is 28.6. The van der Waals surface area contributed by atoms with Gasteiger partial charge in [-0.1, -0.05) is 12.2 Å². The molecule has 6 heteroatoms. The second-order valence-electron chi connectivity index (χ2n) is 6.27. The predicted octanol–water partition coefficient (Wildman–Crippen LogP) is 0.733. The number of piperazine rings is 1. The fourth-order valence-corrected chi connectivity index (χ4v) is 3.16. The van der Waals surface area contributed by atoms with Crippen LogP contribution < -0.4 is 0 Å². The van der Waals surface area contributed by atoms with Crippen molar-refractivity contribution in [2.45, 2.75) is 32.2 Å². The Morgan fingerprint density at radius 1 is 1.19 bits per heavy atom. The number of carboxylic acid groups (broad SMARTS) is 1. The first-order valence-corrected chi connectivity index (χ1v) is 7.21. The van der Waals surface area contributed by atoms with Crippen LogP contribution in [0.5, 0.6) is 0 Å². The van der Waals surface area contributed by atoms with Crippen molar-refractivity contribution in [3.63, 3.8) is 0 Å². The number of rotatable bonds is 2. The molecule has 2 aliphatic rings. The van der Waals surface area contributed by atoms with Gasteiger partial charge in [0.15, 0.2) is 0 Å². The molecule has 1 aliphatic heterocycles. The fourth-order valence-electron chi connectivity index (χ4n) is 3.16. The second-order valence-corrected chi connectivity index (χ2v) is 6.27. The molecule has 6 nitrogen and oxygen atoms in total. The zero-order valence-electron chi connectivity index (χ0n) is 12.7. The predicted molar refractivity (Wildman–Crippen MR) is 76.4 cm³/mol. The molecule has 116 valence electrons. The van der Waals surface area contributed by atoms with Crippen LogP contribution in [0.4, 0.5) is 0 Å². The van der Waals surface area contributed by atoms with Gasteiger partial charge in [-0.2, -0.15) is 0 Å². The van der Waals surface area contributed by atoms with Crippen LogP contribution in [0.3, 0.4) is 0 Å². The van der Waals surface area contributed by atoms with E-state index in [-0.39, 0.29) is 11.8 Å². The first-order valence-electron chi connectivity index (χ1n) is 7.21. The average molecular weight is 294 g/mol. The molecule has 2 rings (SSSR count). The third-order valence-electron chi connectivity index (χ3n) is 4.54. The van der Waals surface area contributed by atoms with Crippen molar-refractivity contribution in [1.82, 2.24) is 9.80 Å². The molecule has 0 saturated carbocycles. The van der Waals surface area contributed by atoms with Crippen LogP contribution in [0.2, 0.25) is 0 Å². The lowest BCUT2D eigenvalue weighted by Gasteiger charge is -2.46. The first kappa shape index (κ1) is 15.5. The topological polar surface area (TPSA) is 77.9 Å². The van der Waals surface area contributed by atoms with E-state index in [9.17, 15) is 19.5 Å². The van der Waals surface area contributed by atoms with Gasteiger partial charge in [0.25, 0.3) is 0 Å². The molecule has 2 atom stereocenters. The van der Waals surface area contributed by atoms with Crippen LogP contribution in [0.1, 0.15) is 26.7 Å². The van der Waals surface area contributed by atoms with E-state index in [1.165, 1.54) is 0 Å². The summed E-state index contributed by atoms with van der Waals surface area (Å²) in [6, 6.07) is 0. The minimum Gasteiger partial charge on any atom is -0.481 e. The molecule has 1 fully saturated rings. The van der Waals surface area contributed by atoms with E-state index in [0.29, 0.717) is 25.9 Å². The van der Waals surface area contributed by atoms with Crippen LogP contribution in [0.15, 0.2) is 12.2 Å². The summed E-state index contributed by atoms with van der Waals surface area (Å²) in [4.78, 5) is 39.6. The van der Waals surface area contributed by atoms with Gasteiger partial charge in [-0.3, -0.25) is 14.4 Å². The molecular weight excluding hydrogens is 272 g/mol. The Balaban J connectivity index is 2.24. The van der Waals surface area contributed by atoms with Gasteiger partial charge in [0.1, 0.15) is 5.54 Å². The molecule has 0 aromatic rings. The Kier molecular flexibility index (Phi) is 4.07. The van der Waals surface area contributed by atoms with Crippen LogP contribution >= 0.6 is 0 Å². The Morgan fingerprint density at radius 2 is 1.76 bits per heavy atom. The van der Waals surface area contributed by atoms with Crippen molar-refractivity contribution < 1.29 is 19.5 Å². The van der Waals surface area contributed by atoms with Gasteiger partial charge in [-0.15, -0.1) is 0 Å². The molecule has 2 amide bonds. The van der Waals surface area contributed by atoms with E-state index in [0.717, 1.165) is 0 Å². The molecule has 0 aromatic carbocycles. The molecule has 21 heavy (non-hydrogen) atoms. The summed E-state index contributed by atoms with van der Waals surface area (Å²) in [5, 5.41) is 9.30. The standard InChI is InChI=1S/C15H22N2O4/c1-15(2)14(21)16(3)8-9-17(15)12(18)10-6-4-5-7-11(10)13(19)20/h4-5,10-11H,6-9H2,1-3H3,(H,19,20)/t10-,11+/m1/s1.